The number of piperidine rings is 1. The number of hydrogen-bond donors (Lipinski definition) is 1. The fraction of sp³-hybridized carbons (Fsp3) is 0.357. The minimum atomic E-state index is -0.106. The summed E-state index contributed by atoms with van der Waals surface area (Å²) in [5.74, 6) is 0.722. The molecule has 0 saturated carbocycles. The second kappa shape index (κ2) is 10.1. The second-order valence-corrected chi connectivity index (χ2v) is 8.65. The third-order valence-corrected chi connectivity index (χ3v) is 6.94. The van der Waals surface area contributed by atoms with Crippen molar-refractivity contribution in [2.24, 2.45) is 5.73 Å². The molecule has 1 heterocycles. The first-order valence-corrected chi connectivity index (χ1v) is 11.4. The van der Waals surface area contributed by atoms with Gasteiger partial charge in [0.1, 0.15) is 0 Å². The molecule has 1 aliphatic heterocycles. The van der Waals surface area contributed by atoms with Crippen LogP contribution in [0.1, 0.15) is 48.3 Å². The topological polar surface area (TPSA) is 29.3 Å². The highest BCUT2D eigenvalue weighted by Crippen LogP contribution is 2.36. The third kappa shape index (κ3) is 4.66. The summed E-state index contributed by atoms with van der Waals surface area (Å²) in [6, 6.07) is 32.7. The van der Waals surface area contributed by atoms with E-state index in [4.69, 9.17) is 5.73 Å². The molecule has 0 unspecified atom stereocenters. The largest absolute Gasteiger partial charge is 0.329 e. The number of nitrogens with zero attached hydrogens (tertiary/aromatic N) is 1. The van der Waals surface area contributed by atoms with Crippen LogP contribution in [-0.2, 0) is 5.41 Å². The summed E-state index contributed by atoms with van der Waals surface area (Å²) in [7, 11) is 0. The van der Waals surface area contributed by atoms with E-state index in [-0.39, 0.29) is 5.41 Å². The van der Waals surface area contributed by atoms with E-state index >= 15 is 0 Å². The fourth-order valence-corrected chi connectivity index (χ4v) is 5.13. The van der Waals surface area contributed by atoms with Crippen molar-refractivity contribution >= 4 is 0 Å². The highest BCUT2D eigenvalue weighted by Gasteiger charge is 2.32. The molecule has 3 aromatic rings. The molecule has 156 valence electrons. The van der Waals surface area contributed by atoms with Crippen LogP contribution in [0.3, 0.4) is 0 Å². The van der Waals surface area contributed by atoms with Crippen LogP contribution in [0, 0.1) is 0 Å². The molecular formula is C28H34N2. The Morgan fingerprint density at radius 2 is 1.23 bits per heavy atom. The van der Waals surface area contributed by atoms with Gasteiger partial charge >= 0.3 is 0 Å². The van der Waals surface area contributed by atoms with Crippen molar-refractivity contribution in [3.63, 3.8) is 0 Å². The Labute approximate surface area is 181 Å². The SMILES string of the molecule is NCC(CCCN1CCC(c2ccccc2)CC1)(c1ccccc1)c1ccccc1. The van der Waals surface area contributed by atoms with Crippen molar-refractivity contribution in [3.05, 3.63) is 108 Å². The van der Waals surface area contributed by atoms with Gasteiger partial charge in [0.25, 0.3) is 0 Å². The number of hydrogen-bond acceptors (Lipinski definition) is 2. The smallest absolute Gasteiger partial charge is 0.0325 e. The normalized spacial score (nSPS) is 15.9. The lowest BCUT2D eigenvalue weighted by Crippen LogP contribution is -2.38. The lowest BCUT2D eigenvalue weighted by Gasteiger charge is -2.36. The predicted molar refractivity (Wildman–Crippen MR) is 127 cm³/mol. The van der Waals surface area contributed by atoms with Gasteiger partial charge in [0.15, 0.2) is 0 Å². The predicted octanol–water partition coefficient (Wildman–Crippen LogP) is 5.59. The van der Waals surface area contributed by atoms with E-state index in [1.54, 1.807) is 0 Å². The van der Waals surface area contributed by atoms with Gasteiger partial charge in [0.05, 0.1) is 0 Å². The molecule has 1 saturated heterocycles. The maximum atomic E-state index is 6.46. The summed E-state index contributed by atoms with van der Waals surface area (Å²) in [6.07, 6.45) is 4.78. The molecule has 0 spiro atoms. The molecule has 0 aromatic heterocycles. The quantitative estimate of drug-likeness (QED) is 0.536. The standard InChI is InChI=1S/C28H34N2/c29-23-28(26-13-6-2-7-14-26,27-15-8-3-9-16-27)19-10-20-30-21-17-25(18-22-30)24-11-4-1-5-12-24/h1-9,11-16,25H,10,17-23,29H2. The van der Waals surface area contributed by atoms with Gasteiger partial charge in [0.2, 0.25) is 0 Å². The molecule has 0 aliphatic carbocycles. The summed E-state index contributed by atoms with van der Waals surface area (Å²) >= 11 is 0. The van der Waals surface area contributed by atoms with Crippen LogP contribution in [-0.4, -0.2) is 31.1 Å². The summed E-state index contributed by atoms with van der Waals surface area (Å²) < 4.78 is 0. The first kappa shape index (κ1) is 20.8. The van der Waals surface area contributed by atoms with E-state index in [9.17, 15) is 0 Å². The zero-order valence-corrected chi connectivity index (χ0v) is 17.9. The average molecular weight is 399 g/mol. The third-order valence-electron chi connectivity index (χ3n) is 6.94. The molecule has 30 heavy (non-hydrogen) atoms. The first-order valence-electron chi connectivity index (χ1n) is 11.4. The Bertz CT molecular complexity index is 829. The molecular weight excluding hydrogens is 364 g/mol. The second-order valence-electron chi connectivity index (χ2n) is 8.65. The monoisotopic (exact) mass is 398 g/mol. The summed E-state index contributed by atoms with van der Waals surface area (Å²) in [5.41, 5.74) is 10.5. The lowest BCUT2D eigenvalue weighted by molar-refractivity contribution is 0.204. The highest BCUT2D eigenvalue weighted by molar-refractivity contribution is 5.39. The molecule has 0 atom stereocenters. The van der Waals surface area contributed by atoms with Crippen LogP contribution >= 0.6 is 0 Å². The lowest BCUT2D eigenvalue weighted by atomic mass is 9.71. The van der Waals surface area contributed by atoms with E-state index in [2.05, 4.69) is 95.9 Å². The van der Waals surface area contributed by atoms with E-state index in [1.807, 2.05) is 0 Å². The van der Waals surface area contributed by atoms with Gasteiger partial charge < -0.3 is 10.6 Å². The van der Waals surface area contributed by atoms with Gasteiger partial charge in [-0.1, -0.05) is 91.0 Å². The molecule has 0 bridgehead atoms. The van der Waals surface area contributed by atoms with Crippen molar-refractivity contribution in [1.82, 2.24) is 4.90 Å². The Morgan fingerprint density at radius 1 is 0.733 bits per heavy atom. The summed E-state index contributed by atoms with van der Waals surface area (Å²) in [4.78, 5) is 2.65. The van der Waals surface area contributed by atoms with Gasteiger partial charge in [-0.05, 0) is 67.9 Å². The van der Waals surface area contributed by atoms with Crippen LogP contribution in [0.4, 0.5) is 0 Å². The maximum Gasteiger partial charge on any atom is 0.0325 e. The van der Waals surface area contributed by atoms with Gasteiger partial charge in [-0.25, -0.2) is 0 Å². The molecule has 2 heteroatoms. The van der Waals surface area contributed by atoms with Crippen LogP contribution in [0.15, 0.2) is 91.0 Å². The molecule has 2 nitrogen and oxygen atoms in total. The van der Waals surface area contributed by atoms with Crippen LogP contribution in [0.25, 0.3) is 0 Å². The van der Waals surface area contributed by atoms with Crippen molar-refractivity contribution in [1.29, 1.82) is 0 Å². The maximum absolute atomic E-state index is 6.46. The van der Waals surface area contributed by atoms with Crippen molar-refractivity contribution in [2.45, 2.75) is 37.0 Å². The Hall–Kier alpha value is -2.42. The van der Waals surface area contributed by atoms with Crippen molar-refractivity contribution in [2.75, 3.05) is 26.2 Å². The molecule has 4 rings (SSSR count). The van der Waals surface area contributed by atoms with Crippen molar-refractivity contribution in [3.8, 4) is 0 Å². The Morgan fingerprint density at radius 3 is 1.73 bits per heavy atom. The van der Waals surface area contributed by atoms with E-state index < -0.39 is 0 Å². The fourth-order valence-electron chi connectivity index (χ4n) is 5.13. The number of likely N-dealkylation sites (tertiary alicyclic amines) is 1. The van der Waals surface area contributed by atoms with Crippen LogP contribution < -0.4 is 5.73 Å². The zero-order valence-electron chi connectivity index (χ0n) is 17.9. The molecule has 1 fully saturated rings. The van der Waals surface area contributed by atoms with Gasteiger partial charge in [-0.2, -0.15) is 0 Å². The molecule has 0 radical (unpaired) electrons. The van der Waals surface area contributed by atoms with Crippen LogP contribution in [0.5, 0.6) is 0 Å². The molecule has 3 aromatic carbocycles. The Kier molecular flexibility index (Phi) is 6.99. The van der Waals surface area contributed by atoms with Crippen molar-refractivity contribution < 1.29 is 0 Å². The summed E-state index contributed by atoms with van der Waals surface area (Å²) in [6.45, 7) is 4.19. The average Bonchev–Trinajstić information content (AvgIpc) is 2.84. The Balaban J connectivity index is 1.39. The number of nitrogens with two attached hydrogens (primary N) is 1. The first-order chi connectivity index (χ1) is 14.8. The van der Waals surface area contributed by atoms with E-state index in [0.29, 0.717) is 6.54 Å². The van der Waals surface area contributed by atoms with Gasteiger partial charge in [-0.3, -0.25) is 0 Å². The molecule has 2 N–H and O–H groups in total. The van der Waals surface area contributed by atoms with Gasteiger partial charge in [0, 0.05) is 12.0 Å². The molecule has 1 aliphatic rings. The van der Waals surface area contributed by atoms with Gasteiger partial charge in [-0.15, -0.1) is 0 Å². The number of rotatable bonds is 8. The minimum absolute atomic E-state index is 0.106. The van der Waals surface area contributed by atoms with Crippen LogP contribution in [0.2, 0.25) is 0 Å². The van der Waals surface area contributed by atoms with E-state index in [0.717, 1.165) is 25.3 Å². The zero-order chi connectivity index (χ0) is 20.7. The summed E-state index contributed by atoms with van der Waals surface area (Å²) in [5, 5.41) is 0. The van der Waals surface area contributed by atoms with E-state index in [1.165, 1.54) is 42.6 Å². The highest BCUT2D eigenvalue weighted by atomic mass is 15.1. The minimum Gasteiger partial charge on any atom is -0.329 e. The number of benzene rings is 3. The molecule has 0 amide bonds.